The van der Waals surface area contributed by atoms with E-state index >= 15 is 0 Å². The Balaban J connectivity index is 2.30. The summed E-state index contributed by atoms with van der Waals surface area (Å²) in [7, 11) is -4.64. The second-order valence-electron chi connectivity index (χ2n) is 5.68. The molecule has 0 amide bonds. The molecule has 1 fully saturated rings. The van der Waals surface area contributed by atoms with Crippen LogP contribution < -0.4 is 10.5 Å². The number of nitrogens with zero attached hydrogens (tertiary/aromatic N) is 2. The van der Waals surface area contributed by atoms with Gasteiger partial charge in [-0.3, -0.25) is 14.2 Å². The Labute approximate surface area is 151 Å². The Morgan fingerprint density at radius 2 is 1.96 bits per heavy atom. The molecule has 5 atom stereocenters. The molecule has 0 unspecified atom stereocenters. The molecule has 27 heavy (non-hydrogen) atoms. The van der Waals surface area contributed by atoms with Gasteiger partial charge in [-0.15, -0.1) is 0 Å². The lowest BCUT2D eigenvalue weighted by atomic mass is 10.1. The fraction of sp³-hybridized carbons (Fsp3) is 0.583. The van der Waals surface area contributed by atoms with E-state index < -0.39 is 76.4 Å². The van der Waals surface area contributed by atoms with Crippen LogP contribution in [0.15, 0.2) is 11.4 Å². The summed E-state index contributed by atoms with van der Waals surface area (Å²) < 4.78 is 32.4. The molecular weight excluding hydrogens is 392 g/mol. The third-order valence-electron chi connectivity index (χ3n) is 3.82. The lowest BCUT2D eigenvalue weighted by Gasteiger charge is -2.18. The Bertz CT molecular complexity index is 824. The number of carboxylic acid groups (broad SMARTS) is 2. The number of imidazole rings is 1. The van der Waals surface area contributed by atoms with Crippen LogP contribution in [-0.4, -0.2) is 86.4 Å². The third-order valence-corrected chi connectivity index (χ3v) is 5.24. The van der Waals surface area contributed by atoms with Crippen molar-refractivity contribution in [3.8, 4) is 0 Å². The number of nitrogens with two attached hydrogens (primary N) is 1. The van der Waals surface area contributed by atoms with Gasteiger partial charge < -0.3 is 36.0 Å². The van der Waals surface area contributed by atoms with Crippen molar-refractivity contribution in [1.29, 1.82) is 0 Å². The predicted octanol–water partition coefficient (Wildman–Crippen LogP) is -3.72. The number of carboxylic acids is 2. The van der Waals surface area contributed by atoms with Crippen LogP contribution in [0.1, 0.15) is 12.6 Å². The minimum absolute atomic E-state index is 0.559. The van der Waals surface area contributed by atoms with Gasteiger partial charge in [-0.2, -0.15) is 4.72 Å². The van der Waals surface area contributed by atoms with E-state index in [1.165, 1.54) is 0 Å². The van der Waals surface area contributed by atoms with Gasteiger partial charge in [0.15, 0.2) is 6.23 Å². The van der Waals surface area contributed by atoms with Crippen molar-refractivity contribution >= 4 is 27.8 Å². The van der Waals surface area contributed by atoms with Gasteiger partial charge in [-0.25, -0.2) is 13.4 Å². The van der Waals surface area contributed by atoms with Gasteiger partial charge in [-0.05, 0) is 0 Å². The maximum atomic E-state index is 12.3. The van der Waals surface area contributed by atoms with Crippen molar-refractivity contribution in [3.63, 3.8) is 0 Å². The maximum Gasteiger partial charge on any atom is 0.322 e. The van der Waals surface area contributed by atoms with E-state index in [9.17, 15) is 28.2 Å². The van der Waals surface area contributed by atoms with Crippen LogP contribution in [0.2, 0.25) is 0 Å². The number of nitrogens with one attached hydrogen (secondary N) is 1. The summed E-state index contributed by atoms with van der Waals surface area (Å²) in [6.45, 7) is -0.620. The number of aliphatic hydroxyl groups is 3. The van der Waals surface area contributed by atoms with E-state index in [2.05, 4.69) is 4.98 Å². The Hall–Kier alpha value is -2.30. The Morgan fingerprint density at radius 1 is 1.33 bits per heavy atom. The van der Waals surface area contributed by atoms with Gasteiger partial charge in [0.25, 0.3) is 10.0 Å². The number of sulfonamides is 1. The summed E-state index contributed by atoms with van der Waals surface area (Å²) in [5.74, 6) is -3.82. The standard InChI is InChI=1S/C12H18N4O10S/c13-9-10(27(24,25)15-4(12(22)23)1-6(18)19)14-3-16(9)11-8(21)7(20)5(2-17)26-11/h3-5,7-8,11,15,17,20-21H,1-2,13H2,(H,18,19)(H,22,23)/t4-,5+,7+,8+,11+/m0/s1. The number of nitrogen functional groups attached to an aromatic ring is 1. The number of aliphatic carboxylic acids is 2. The molecule has 0 aliphatic carbocycles. The second-order valence-corrected chi connectivity index (χ2v) is 7.31. The highest BCUT2D eigenvalue weighted by Gasteiger charge is 2.44. The SMILES string of the molecule is Nc1c(S(=O)(=O)N[C@@H](CC(=O)O)C(=O)O)ncn1[C@@H]1O[C@H](CO)[C@@H](O)[C@H]1O. The Kier molecular flexibility index (Phi) is 6.03. The molecule has 0 saturated carbocycles. The van der Waals surface area contributed by atoms with E-state index in [1.807, 2.05) is 0 Å². The number of carbonyl (C=O) groups is 2. The molecule has 14 nitrogen and oxygen atoms in total. The molecule has 15 heteroatoms. The summed E-state index contributed by atoms with van der Waals surface area (Å²) in [4.78, 5) is 25.3. The molecule has 8 N–H and O–H groups in total. The molecule has 1 saturated heterocycles. The first-order chi connectivity index (χ1) is 12.5. The zero-order valence-corrected chi connectivity index (χ0v) is 14.4. The molecule has 0 aromatic carbocycles. The van der Waals surface area contributed by atoms with Crippen LogP contribution in [0, 0.1) is 0 Å². The van der Waals surface area contributed by atoms with Crippen molar-refractivity contribution in [1.82, 2.24) is 14.3 Å². The largest absolute Gasteiger partial charge is 0.481 e. The minimum Gasteiger partial charge on any atom is -0.481 e. The topological polar surface area (TPSA) is 235 Å². The molecule has 1 aliphatic heterocycles. The summed E-state index contributed by atoms with van der Waals surface area (Å²) in [6.07, 6.45) is -5.67. The van der Waals surface area contributed by atoms with Crippen LogP contribution in [0.5, 0.6) is 0 Å². The molecular formula is C12H18N4O10S. The van der Waals surface area contributed by atoms with Gasteiger partial charge in [0.05, 0.1) is 13.0 Å². The van der Waals surface area contributed by atoms with Crippen LogP contribution in [0.4, 0.5) is 5.82 Å². The number of aliphatic hydroxyl groups excluding tert-OH is 3. The van der Waals surface area contributed by atoms with Crippen LogP contribution in [-0.2, 0) is 24.3 Å². The average molecular weight is 410 g/mol. The molecule has 1 aromatic heterocycles. The predicted molar refractivity (Wildman–Crippen MR) is 83.6 cm³/mol. The normalized spacial score (nSPS) is 26.8. The van der Waals surface area contributed by atoms with E-state index in [4.69, 9.17) is 25.8 Å². The van der Waals surface area contributed by atoms with E-state index in [1.54, 1.807) is 4.72 Å². The van der Waals surface area contributed by atoms with E-state index in [-0.39, 0.29) is 0 Å². The number of aromatic nitrogens is 2. The number of hydrogen-bond acceptors (Lipinski definition) is 10. The highest BCUT2D eigenvalue weighted by Crippen LogP contribution is 2.32. The summed E-state index contributed by atoms with van der Waals surface area (Å²) in [5.41, 5.74) is 5.70. The first-order valence-electron chi connectivity index (χ1n) is 7.41. The minimum atomic E-state index is -4.64. The Morgan fingerprint density at radius 3 is 2.44 bits per heavy atom. The molecule has 152 valence electrons. The zero-order chi connectivity index (χ0) is 20.5. The zero-order valence-electron chi connectivity index (χ0n) is 13.5. The van der Waals surface area contributed by atoms with E-state index in [0.717, 1.165) is 10.9 Å². The lowest BCUT2D eigenvalue weighted by Crippen LogP contribution is -2.42. The molecule has 2 rings (SSSR count). The van der Waals surface area contributed by atoms with Crippen LogP contribution in [0.3, 0.4) is 0 Å². The van der Waals surface area contributed by atoms with Crippen molar-refractivity contribution in [2.24, 2.45) is 0 Å². The van der Waals surface area contributed by atoms with Gasteiger partial charge in [0.1, 0.15) is 36.5 Å². The fourth-order valence-corrected chi connectivity index (χ4v) is 3.71. The highest BCUT2D eigenvalue weighted by atomic mass is 32.2. The fourth-order valence-electron chi connectivity index (χ4n) is 2.47. The van der Waals surface area contributed by atoms with Gasteiger partial charge in [-0.1, -0.05) is 0 Å². The number of rotatable bonds is 8. The molecule has 0 bridgehead atoms. The number of ether oxygens (including phenoxy) is 1. The van der Waals surface area contributed by atoms with Crippen LogP contribution in [0.25, 0.3) is 0 Å². The smallest absolute Gasteiger partial charge is 0.322 e. The number of anilines is 1. The van der Waals surface area contributed by atoms with Crippen molar-refractivity contribution in [2.45, 2.75) is 42.0 Å². The first-order valence-corrected chi connectivity index (χ1v) is 8.89. The first kappa shape index (κ1) is 21.0. The summed E-state index contributed by atoms with van der Waals surface area (Å²) in [5, 5.41) is 45.6. The summed E-state index contributed by atoms with van der Waals surface area (Å²) in [6, 6.07) is -1.97. The molecule has 2 heterocycles. The van der Waals surface area contributed by atoms with Crippen molar-refractivity contribution < 1.29 is 48.3 Å². The third kappa shape index (κ3) is 4.18. The quantitative estimate of drug-likeness (QED) is 0.219. The van der Waals surface area contributed by atoms with Gasteiger partial charge in [0.2, 0.25) is 5.03 Å². The molecule has 0 radical (unpaired) electrons. The second kappa shape index (κ2) is 7.75. The summed E-state index contributed by atoms with van der Waals surface area (Å²) >= 11 is 0. The van der Waals surface area contributed by atoms with Crippen molar-refractivity contribution in [3.05, 3.63) is 6.33 Å². The monoisotopic (exact) mass is 410 g/mol. The molecule has 1 aromatic rings. The lowest BCUT2D eigenvalue weighted by molar-refractivity contribution is -0.145. The average Bonchev–Trinajstić information content (AvgIpc) is 3.07. The van der Waals surface area contributed by atoms with Gasteiger partial charge >= 0.3 is 11.9 Å². The highest BCUT2D eigenvalue weighted by molar-refractivity contribution is 7.89. The molecule has 1 aliphatic rings. The van der Waals surface area contributed by atoms with E-state index in [0.29, 0.717) is 0 Å². The molecule has 0 spiro atoms. The number of hydrogen-bond donors (Lipinski definition) is 7. The van der Waals surface area contributed by atoms with Crippen molar-refractivity contribution in [2.75, 3.05) is 12.3 Å². The van der Waals surface area contributed by atoms with Crippen LogP contribution >= 0.6 is 0 Å². The maximum absolute atomic E-state index is 12.3. The van der Waals surface area contributed by atoms with Gasteiger partial charge in [0, 0.05) is 0 Å².